The summed E-state index contributed by atoms with van der Waals surface area (Å²) in [7, 11) is -2.57. The van der Waals surface area contributed by atoms with Gasteiger partial charge in [-0.15, -0.1) is 12.4 Å². The lowest BCUT2D eigenvalue weighted by Crippen LogP contribution is -2.14. The summed E-state index contributed by atoms with van der Waals surface area (Å²) in [6.07, 6.45) is 0. The normalized spacial score (nSPS) is 11.9. The molecule has 0 aliphatic rings. The van der Waals surface area contributed by atoms with Gasteiger partial charge in [-0.2, -0.15) is 0 Å². The minimum absolute atomic E-state index is 0. The third-order valence-corrected chi connectivity index (χ3v) is 7.05. The smallest absolute Gasteiger partial charge is 0.234 e. The summed E-state index contributed by atoms with van der Waals surface area (Å²) in [5.74, 6) is 0. The first-order valence-corrected chi connectivity index (χ1v) is 10.2. The number of aryl methyl sites for hydroxylation is 2. The fraction of sp³-hybridized carbons (Fsp3) is 0.333. The van der Waals surface area contributed by atoms with Crippen LogP contribution in [-0.2, 0) is 14.3 Å². The van der Waals surface area contributed by atoms with Crippen LogP contribution in [-0.4, -0.2) is 8.42 Å². The van der Waals surface area contributed by atoms with Crippen molar-refractivity contribution in [2.45, 2.75) is 49.8 Å². The molecule has 2 N–H and O–H groups in total. The SMILES string of the molecule is Cc1ccc(S(=O)(=O)Sc2cc(C)c(N)cc2C(C)(C)C)cc1.Cl. The molecule has 0 heterocycles. The largest absolute Gasteiger partial charge is 0.399 e. The van der Waals surface area contributed by atoms with Crippen LogP contribution in [0.5, 0.6) is 0 Å². The molecule has 0 bridgehead atoms. The Hall–Kier alpha value is -1.17. The van der Waals surface area contributed by atoms with Gasteiger partial charge in [0.1, 0.15) is 0 Å². The van der Waals surface area contributed by atoms with Gasteiger partial charge in [0.05, 0.1) is 4.90 Å². The molecule has 2 aromatic rings. The zero-order valence-corrected chi connectivity index (χ0v) is 17.0. The van der Waals surface area contributed by atoms with Gasteiger partial charge in [0, 0.05) is 21.4 Å². The molecule has 0 atom stereocenters. The van der Waals surface area contributed by atoms with Gasteiger partial charge in [-0.05, 0) is 54.7 Å². The quantitative estimate of drug-likeness (QED) is 0.590. The molecule has 3 nitrogen and oxygen atoms in total. The lowest BCUT2D eigenvalue weighted by molar-refractivity contribution is 0.578. The molecule has 0 saturated heterocycles. The number of nitrogen functional groups attached to an aromatic ring is 1. The van der Waals surface area contributed by atoms with Crippen molar-refractivity contribution in [2.75, 3.05) is 5.73 Å². The third kappa shape index (κ3) is 4.68. The summed E-state index contributed by atoms with van der Waals surface area (Å²) in [6.45, 7) is 9.99. The van der Waals surface area contributed by atoms with Crippen molar-refractivity contribution in [3.63, 3.8) is 0 Å². The van der Waals surface area contributed by atoms with E-state index in [1.807, 2.05) is 38.1 Å². The van der Waals surface area contributed by atoms with Crippen LogP contribution in [0, 0.1) is 13.8 Å². The van der Waals surface area contributed by atoms with E-state index in [-0.39, 0.29) is 17.8 Å². The summed E-state index contributed by atoms with van der Waals surface area (Å²) >= 11 is 0. The van der Waals surface area contributed by atoms with Crippen LogP contribution in [0.1, 0.15) is 37.5 Å². The minimum Gasteiger partial charge on any atom is -0.399 e. The summed E-state index contributed by atoms with van der Waals surface area (Å²) in [6, 6.07) is 10.7. The molecule has 0 fully saturated rings. The first-order chi connectivity index (χ1) is 10.5. The van der Waals surface area contributed by atoms with Crippen molar-refractivity contribution >= 4 is 37.8 Å². The summed E-state index contributed by atoms with van der Waals surface area (Å²) < 4.78 is 25.4. The Labute approximate surface area is 154 Å². The summed E-state index contributed by atoms with van der Waals surface area (Å²) in [4.78, 5) is 1.06. The predicted molar refractivity (Wildman–Crippen MR) is 106 cm³/mol. The van der Waals surface area contributed by atoms with Crippen molar-refractivity contribution in [1.82, 2.24) is 0 Å². The van der Waals surface area contributed by atoms with E-state index in [9.17, 15) is 8.42 Å². The lowest BCUT2D eigenvalue weighted by Gasteiger charge is -2.23. The highest BCUT2D eigenvalue weighted by atomic mass is 35.5. The highest BCUT2D eigenvalue weighted by Gasteiger charge is 2.24. The Morgan fingerprint density at radius 3 is 2.04 bits per heavy atom. The lowest BCUT2D eigenvalue weighted by atomic mass is 9.86. The van der Waals surface area contributed by atoms with Crippen LogP contribution in [0.25, 0.3) is 0 Å². The number of benzene rings is 2. The molecule has 132 valence electrons. The average Bonchev–Trinajstić information content (AvgIpc) is 2.41. The van der Waals surface area contributed by atoms with Gasteiger partial charge in [0.2, 0.25) is 8.87 Å². The van der Waals surface area contributed by atoms with E-state index in [0.717, 1.165) is 32.4 Å². The zero-order valence-electron chi connectivity index (χ0n) is 14.6. The molecule has 24 heavy (non-hydrogen) atoms. The minimum atomic E-state index is -3.47. The number of hydrogen-bond donors (Lipinski definition) is 1. The van der Waals surface area contributed by atoms with Crippen LogP contribution < -0.4 is 5.73 Å². The molecule has 0 spiro atoms. The second-order valence-electron chi connectivity index (χ2n) is 6.81. The Kier molecular flexibility index (Phi) is 6.42. The van der Waals surface area contributed by atoms with Crippen LogP contribution in [0.2, 0.25) is 0 Å². The van der Waals surface area contributed by atoms with Crippen LogP contribution >= 0.6 is 23.2 Å². The molecule has 0 unspecified atom stereocenters. The maximum absolute atomic E-state index is 12.7. The molecule has 0 aromatic heterocycles. The Balaban J connectivity index is 0.00000288. The molecule has 0 saturated carbocycles. The maximum Gasteiger partial charge on any atom is 0.234 e. The predicted octanol–water partition coefficient (Wildman–Crippen LogP) is 5.09. The van der Waals surface area contributed by atoms with Crippen molar-refractivity contribution in [3.8, 4) is 0 Å². The van der Waals surface area contributed by atoms with E-state index in [2.05, 4.69) is 20.8 Å². The molecule has 0 radical (unpaired) electrons. The van der Waals surface area contributed by atoms with Crippen molar-refractivity contribution in [2.24, 2.45) is 0 Å². The van der Waals surface area contributed by atoms with E-state index in [1.54, 1.807) is 12.1 Å². The monoisotopic (exact) mass is 385 g/mol. The Morgan fingerprint density at radius 2 is 1.54 bits per heavy atom. The van der Waals surface area contributed by atoms with Gasteiger partial charge in [-0.1, -0.05) is 38.5 Å². The number of halogens is 1. The topological polar surface area (TPSA) is 60.2 Å². The first kappa shape index (κ1) is 20.9. The molecule has 2 rings (SSSR count). The van der Waals surface area contributed by atoms with Crippen LogP contribution in [0.3, 0.4) is 0 Å². The molecular formula is C18H24ClNO2S2. The van der Waals surface area contributed by atoms with E-state index in [0.29, 0.717) is 10.6 Å². The average molecular weight is 386 g/mol. The molecule has 0 aliphatic carbocycles. The maximum atomic E-state index is 12.7. The highest BCUT2D eigenvalue weighted by molar-refractivity contribution is 8.72. The van der Waals surface area contributed by atoms with Gasteiger partial charge < -0.3 is 5.73 Å². The van der Waals surface area contributed by atoms with Crippen molar-refractivity contribution < 1.29 is 8.42 Å². The van der Waals surface area contributed by atoms with E-state index >= 15 is 0 Å². The van der Waals surface area contributed by atoms with Crippen LogP contribution in [0.15, 0.2) is 46.2 Å². The van der Waals surface area contributed by atoms with Gasteiger partial charge in [0.15, 0.2) is 0 Å². The van der Waals surface area contributed by atoms with Gasteiger partial charge in [0.25, 0.3) is 0 Å². The number of rotatable bonds is 3. The number of anilines is 1. The van der Waals surface area contributed by atoms with Crippen molar-refractivity contribution in [3.05, 3.63) is 53.1 Å². The van der Waals surface area contributed by atoms with Gasteiger partial charge in [-0.25, -0.2) is 8.42 Å². The van der Waals surface area contributed by atoms with E-state index in [1.165, 1.54) is 0 Å². The number of hydrogen-bond acceptors (Lipinski definition) is 4. The zero-order chi connectivity index (χ0) is 17.4. The molecule has 0 amide bonds. The summed E-state index contributed by atoms with van der Waals surface area (Å²) in [5, 5.41) is 0. The second-order valence-corrected chi connectivity index (χ2v) is 10.6. The first-order valence-electron chi connectivity index (χ1n) is 7.42. The molecule has 0 aliphatic heterocycles. The van der Waals surface area contributed by atoms with Gasteiger partial charge >= 0.3 is 0 Å². The molecule has 2 aromatic carbocycles. The Bertz CT molecular complexity index is 823. The van der Waals surface area contributed by atoms with Crippen LogP contribution in [0.4, 0.5) is 5.69 Å². The van der Waals surface area contributed by atoms with E-state index in [4.69, 9.17) is 5.73 Å². The number of nitrogens with two attached hydrogens (primary N) is 1. The Morgan fingerprint density at radius 1 is 1.00 bits per heavy atom. The molecule has 6 heteroatoms. The highest BCUT2D eigenvalue weighted by Crippen LogP contribution is 2.40. The fourth-order valence-electron chi connectivity index (χ4n) is 2.22. The fourth-order valence-corrected chi connectivity index (χ4v) is 5.45. The van der Waals surface area contributed by atoms with Gasteiger partial charge in [-0.3, -0.25) is 0 Å². The second kappa shape index (κ2) is 7.38. The third-order valence-electron chi connectivity index (χ3n) is 3.69. The van der Waals surface area contributed by atoms with Crippen molar-refractivity contribution in [1.29, 1.82) is 0 Å². The standard InChI is InChI=1S/C18H23NO2S2.ClH/c1-12-6-8-14(9-7-12)23(20,21)22-17-10-13(2)16(19)11-15(17)18(3,4)5;/h6-11H,19H2,1-5H3;1H. The molecular weight excluding hydrogens is 362 g/mol. The summed E-state index contributed by atoms with van der Waals surface area (Å²) in [5.41, 5.74) is 9.39. The van der Waals surface area contributed by atoms with E-state index < -0.39 is 8.87 Å².